The lowest BCUT2D eigenvalue weighted by Gasteiger charge is -2.06. The van der Waals surface area contributed by atoms with Crippen molar-refractivity contribution in [3.63, 3.8) is 0 Å². The minimum atomic E-state index is -0.300. The van der Waals surface area contributed by atoms with E-state index in [4.69, 9.17) is 9.84 Å². The average Bonchev–Trinajstić information content (AvgIpc) is 2.12. The van der Waals surface area contributed by atoms with Gasteiger partial charge in [0, 0.05) is 6.07 Å². The Balaban J connectivity index is 2.25. The van der Waals surface area contributed by atoms with Crippen LogP contribution in [0.1, 0.15) is 19.8 Å². The predicted molar refractivity (Wildman–Crippen MR) is 52.8 cm³/mol. The van der Waals surface area contributed by atoms with Gasteiger partial charge in [-0.15, -0.1) is 0 Å². The number of rotatable bonds is 5. The van der Waals surface area contributed by atoms with Crippen molar-refractivity contribution < 1.29 is 14.2 Å². The molecule has 0 heterocycles. The highest BCUT2D eigenvalue weighted by atomic mass is 19.1. The van der Waals surface area contributed by atoms with Crippen molar-refractivity contribution in [3.05, 3.63) is 30.1 Å². The maximum atomic E-state index is 12.7. The molecule has 0 aromatic heterocycles. The fraction of sp³-hybridized carbons (Fsp3) is 0.455. The Morgan fingerprint density at radius 3 is 2.93 bits per heavy atom. The van der Waals surface area contributed by atoms with Gasteiger partial charge in [-0.1, -0.05) is 6.07 Å². The van der Waals surface area contributed by atoms with Crippen LogP contribution >= 0.6 is 0 Å². The lowest BCUT2D eigenvalue weighted by atomic mass is 10.2. The van der Waals surface area contributed by atoms with Gasteiger partial charge in [0.05, 0.1) is 12.7 Å². The Morgan fingerprint density at radius 1 is 1.50 bits per heavy atom. The average molecular weight is 198 g/mol. The van der Waals surface area contributed by atoms with Crippen LogP contribution in [0, 0.1) is 5.82 Å². The number of halogens is 1. The van der Waals surface area contributed by atoms with Gasteiger partial charge in [0.25, 0.3) is 0 Å². The molecule has 0 amide bonds. The molecular weight excluding hydrogens is 183 g/mol. The number of hydrogen-bond acceptors (Lipinski definition) is 2. The zero-order valence-corrected chi connectivity index (χ0v) is 8.24. The molecule has 0 aliphatic carbocycles. The molecular formula is C11H15FO2. The van der Waals surface area contributed by atoms with Gasteiger partial charge in [-0.05, 0) is 31.9 Å². The second-order valence-electron chi connectivity index (χ2n) is 3.30. The smallest absolute Gasteiger partial charge is 0.126 e. The molecule has 3 heteroatoms. The van der Waals surface area contributed by atoms with Crippen LogP contribution in [0.5, 0.6) is 5.75 Å². The van der Waals surface area contributed by atoms with E-state index in [1.54, 1.807) is 19.1 Å². The summed E-state index contributed by atoms with van der Waals surface area (Å²) in [6, 6.07) is 6.05. The first-order valence-corrected chi connectivity index (χ1v) is 4.75. The van der Waals surface area contributed by atoms with Crippen LogP contribution in [0.25, 0.3) is 0 Å². The van der Waals surface area contributed by atoms with Gasteiger partial charge >= 0.3 is 0 Å². The summed E-state index contributed by atoms with van der Waals surface area (Å²) in [6.07, 6.45) is 1.18. The van der Waals surface area contributed by atoms with Crippen molar-refractivity contribution in [2.45, 2.75) is 25.9 Å². The number of aliphatic hydroxyl groups is 1. The van der Waals surface area contributed by atoms with Gasteiger partial charge in [-0.25, -0.2) is 4.39 Å². The van der Waals surface area contributed by atoms with Gasteiger partial charge < -0.3 is 9.84 Å². The first-order chi connectivity index (χ1) is 6.68. The highest BCUT2D eigenvalue weighted by Gasteiger charge is 1.97. The molecule has 0 saturated heterocycles. The fourth-order valence-electron chi connectivity index (χ4n) is 1.13. The Hall–Kier alpha value is -1.09. The summed E-state index contributed by atoms with van der Waals surface area (Å²) in [7, 11) is 0. The van der Waals surface area contributed by atoms with E-state index >= 15 is 0 Å². The highest BCUT2D eigenvalue weighted by molar-refractivity contribution is 5.22. The Kier molecular flexibility index (Phi) is 4.40. The minimum absolute atomic E-state index is 0.293. The summed E-state index contributed by atoms with van der Waals surface area (Å²) in [5.41, 5.74) is 0. The molecule has 0 unspecified atom stereocenters. The van der Waals surface area contributed by atoms with E-state index in [1.165, 1.54) is 12.1 Å². The second-order valence-corrected chi connectivity index (χ2v) is 3.30. The lowest BCUT2D eigenvalue weighted by molar-refractivity contribution is 0.170. The molecule has 1 rings (SSSR count). The zero-order chi connectivity index (χ0) is 10.4. The van der Waals surface area contributed by atoms with E-state index in [1.807, 2.05) is 0 Å². The van der Waals surface area contributed by atoms with Crippen LogP contribution in [-0.2, 0) is 0 Å². The molecule has 0 saturated carbocycles. The SMILES string of the molecule is C[C@H](O)CCCOc1cccc(F)c1. The number of hydrogen-bond donors (Lipinski definition) is 1. The topological polar surface area (TPSA) is 29.5 Å². The molecule has 78 valence electrons. The van der Waals surface area contributed by atoms with Gasteiger partial charge in [-0.2, -0.15) is 0 Å². The van der Waals surface area contributed by atoms with E-state index in [0.717, 1.165) is 6.42 Å². The van der Waals surface area contributed by atoms with Crippen molar-refractivity contribution in [1.82, 2.24) is 0 Å². The third kappa shape index (κ3) is 4.23. The summed E-state index contributed by atoms with van der Waals surface area (Å²) in [4.78, 5) is 0. The molecule has 0 fully saturated rings. The van der Waals surface area contributed by atoms with E-state index < -0.39 is 0 Å². The van der Waals surface area contributed by atoms with Crippen molar-refractivity contribution >= 4 is 0 Å². The molecule has 0 bridgehead atoms. The van der Waals surface area contributed by atoms with E-state index in [-0.39, 0.29) is 11.9 Å². The fourth-order valence-corrected chi connectivity index (χ4v) is 1.13. The molecule has 1 atom stereocenters. The minimum Gasteiger partial charge on any atom is -0.493 e. The largest absolute Gasteiger partial charge is 0.493 e. The molecule has 0 spiro atoms. The Morgan fingerprint density at radius 2 is 2.29 bits per heavy atom. The van der Waals surface area contributed by atoms with E-state index in [0.29, 0.717) is 18.8 Å². The van der Waals surface area contributed by atoms with Gasteiger partial charge in [0.2, 0.25) is 0 Å². The maximum Gasteiger partial charge on any atom is 0.126 e. The first kappa shape index (κ1) is 11.0. The van der Waals surface area contributed by atoms with Crippen LogP contribution in [0.4, 0.5) is 4.39 Å². The van der Waals surface area contributed by atoms with Gasteiger partial charge in [-0.3, -0.25) is 0 Å². The third-order valence-corrected chi connectivity index (χ3v) is 1.83. The normalized spacial score (nSPS) is 12.5. The number of aliphatic hydroxyl groups excluding tert-OH is 1. The predicted octanol–water partition coefficient (Wildman–Crippen LogP) is 2.37. The van der Waals surface area contributed by atoms with Crippen LogP contribution in [0.3, 0.4) is 0 Å². The summed E-state index contributed by atoms with van der Waals surface area (Å²) in [5, 5.41) is 8.98. The van der Waals surface area contributed by atoms with E-state index in [9.17, 15) is 4.39 Å². The van der Waals surface area contributed by atoms with Crippen molar-refractivity contribution in [2.24, 2.45) is 0 Å². The maximum absolute atomic E-state index is 12.7. The standard InChI is InChI=1S/C11H15FO2/c1-9(13)4-3-7-14-11-6-2-5-10(12)8-11/h2,5-6,8-9,13H,3-4,7H2,1H3/t9-/m0/s1. The molecule has 1 aromatic rings. The summed E-state index contributed by atoms with van der Waals surface area (Å²) in [6.45, 7) is 2.25. The molecule has 14 heavy (non-hydrogen) atoms. The highest BCUT2D eigenvalue weighted by Crippen LogP contribution is 2.12. The molecule has 1 N–H and O–H groups in total. The zero-order valence-electron chi connectivity index (χ0n) is 8.24. The molecule has 0 radical (unpaired) electrons. The van der Waals surface area contributed by atoms with Gasteiger partial charge in [0.15, 0.2) is 0 Å². The molecule has 2 nitrogen and oxygen atoms in total. The molecule has 1 aromatic carbocycles. The molecule has 0 aliphatic heterocycles. The quantitative estimate of drug-likeness (QED) is 0.736. The molecule has 0 aliphatic rings. The van der Waals surface area contributed by atoms with E-state index in [2.05, 4.69) is 0 Å². The summed E-state index contributed by atoms with van der Waals surface area (Å²) in [5.74, 6) is 0.244. The Labute approximate surface area is 83.3 Å². The van der Waals surface area contributed by atoms with Gasteiger partial charge in [0.1, 0.15) is 11.6 Å². The lowest BCUT2D eigenvalue weighted by Crippen LogP contribution is -2.04. The van der Waals surface area contributed by atoms with Crippen LogP contribution in [-0.4, -0.2) is 17.8 Å². The summed E-state index contributed by atoms with van der Waals surface area (Å²) >= 11 is 0. The van der Waals surface area contributed by atoms with Crippen LogP contribution in [0.2, 0.25) is 0 Å². The Bertz CT molecular complexity index is 274. The second kappa shape index (κ2) is 5.60. The van der Waals surface area contributed by atoms with Crippen LogP contribution < -0.4 is 4.74 Å². The van der Waals surface area contributed by atoms with Crippen LogP contribution in [0.15, 0.2) is 24.3 Å². The summed E-state index contributed by atoms with van der Waals surface area (Å²) < 4.78 is 18.0. The number of ether oxygens (including phenoxy) is 1. The van der Waals surface area contributed by atoms with Crippen molar-refractivity contribution in [3.8, 4) is 5.75 Å². The third-order valence-electron chi connectivity index (χ3n) is 1.83. The van der Waals surface area contributed by atoms with Crippen molar-refractivity contribution in [1.29, 1.82) is 0 Å². The first-order valence-electron chi connectivity index (χ1n) is 4.75. The monoisotopic (exact) mass is 198 g/mol. The van der Waals surface area contributed by atoms with Crippen molar-refractivity contribution in [2.75, 3.05) is 6.61 Å². The number of benzene rings is 1.